The lowest BCUT2D eigenvalue weighted by Crippen LogP contribution is -2.45. The van der Waals surface area contributed by atoms with Crippen LogP contribution in [0.15, 0.2) is 42.7 Å². The van der Waals surface area contributed by atoms with E-state index in [2.05, 4.69) is 10.4 Å². The van der Waals surface area contributed by atoms with E-state index in [1.54, 1.807) is 24.1 Å². The van der Waals surface area contributed by atoms with Gasteiger partial charge in [0.05, 0.1) is 11.8 Å². The first-order chi connectivity index (χ1) is 12.5. The van der Waals surface area contributed by atoms with Crippen LogP contribution in [0.4, 0.5) is 0 Å². The molecule has 1 atom stereocenters. The summed E-state index contributed by atoms with van der Waals surface area (Å²) in [6.07, 6.45) is 4.98. The monoisotopic (exact) mass is 391 g/mol. The fourth-order valence-corrected chi connectivity index (χ4v) is 3.23. The second kappa shape index (κ2) is 9.53. The summed E-state index contributed by atoms with van der Waals surface area (Å²) in [5.41, 5.74) is 7.51. The molecule has 8 heteroatoms. The molecule has 1 aliphatic rings. The molecule has 2 aromatic rings. The summed E-state index contributed by atoms with van der Waals surface area (Å²) < 4.78 is 1.61. The van der Waals surface area contributed by atoms with Crippen LogP contribution in [-0.2, 0) is 11.8 Å². The number of carbonyl (C=O) groups is 2. The normalized spacial score (nSPS) is 15.7. The van der Waals surface area contributed by atoms with Crippen LogP contribution in [-0.4, -0.2) is 46.1 Å². The molecule has 1 fully saturated rings. The van der Waals surface area contributed by atoms with Crippen molar-refractivity contribution in [3.63, 3.8) is 0 Å². The number of nitrogens with zero attached hydrogens (tertiary/aromatic N) is 3. The van der Waals surface area contributed by atoms with Gasteiger partial charge in [0.2, 0.25) is 5.91 Å². The van der Waals surface area contributed by atoms with Gasteiger partial charge < -0.3 is 16.0 Å². The van der Waals surface area contributed by atoms with E-state index < -0.39 is 6.04 Å². The molecule has 2 amide bonds. The van der Waals surface area contributed by atoms with Crippen molar-refractivity contribution in [3.8, 4) is 0 Å². The first-order valence-electron chi connectivity index (χ1n) is 8.90. The number of likely N-dealkylation sites (tertiary alicyclic amines) is 1. The van der Waals surface area contributed by atoms with Gasteiger partial charge in [0.15, 0.2) is 0 Å². The van der Waals surface area contributed by atoms with Gasteiger partial charge in [-0.2, -0.15) is 5.10 Å². The average molecular weight is 392 g/mol. The van der Waals surface area contributed by atoms with E-state index in [1.165, 1.54) is 0 Å². The Labute approximate surface area is 165 Å². The number of hydrogen-bond acceptors (Lipinski definition) is 4. The van der Waals surface area contributed by atoms with Gasteiger partial charge in [-0.1, -0.05) is 30.3 Å². The third-order valence-electron chi connectivity index (χ3n) is 4.87. The van der Waals surface area contributed by atoms with E-state index in [1.807, 2.05) is 35.2 Å². The van der Waals surface area contributed by atoms with Crippen LogP contribution in [0.3, 0.4) is 0 Å². The van der Waals surface area contributed by atoms with Crippen molar-refractivity contribution >= 4 is 24.2 Å². The lowest BCUT2D eigenvalue weighted by Gasteiger charge is -2.33. The van der Waals surface area contributed by atoms with Crippen LogP contribution in [0.1, 0.15) is 34.8 Å². The summed E-state index contributed by atoms with van der Waals surface area (Å²) in [6, 6.07) is 8.83. The zero-order chi connectivity index (χ0) is 18.5. The molecule has 1 aromatic heterocycles. The topological polar surface area (TPSA) is 93.2 Å². The Morgan fingerprint density at radius 2 is 1.93 bits per heavy atom. The largest absolute Gasteiger partial charge is 0.352 e. The van der Waals surface area contributed by atoms with Crippen LogP contribution >= 0.6 is 12.4 Å². The smallest absolute Gasteiger partial charge is 0.254 e. The summed E-state index contributed by atoms with van der Waals surface area (Å²) in [4.78, 5) is 26.5. The minimum atomic E-state index is -0.613. The van der Waals surface area contributed by atoms with Gasteiger partial charge in [0, 0.05) is 32.9 Å². The van der Waals surface area contributed by atoms with Crippen molar-refractivity contribution in [1.29, 1.82) is 0 Å². The zero-order valence-corrected chi connectivity index (χ0v) is 16.2. The maximum absolute atomic E-state index is 12.6. The quantitative estimate of drug-likeness (QED) is 0.807. The maximum Gasteiger partial charge on any atom is 0.254 e. The van der Waals surface area contributed by atoms with Gasteiger partial charge in [-0.05, 0) is 24.3 Å². The van der Waals surface area contributed by atoms with E-state index >= 15 is 0 Å². The van der Waals surface area contributed by atoms with E-state index in [-0.39, 0.29) is 24.2 Å². The van der Waals surface area contributed by atoms with E-state index in [0.29, 0.717) is 31.1 Å². The molecule has 0 radical (unpaired) electrons. The molecule has 1 saturated heterocycles. The number of hydrogen-bond donors (Lipinski definition) is 2. The van der Waals surface area contributed by atoms with Gasteiger partial charge in [-0.25, -0.2) is 0 Å². The fraction of sp³-hybridized carbons (Fsp3) is 0.421. The van der Waals surface area contributed by atoms with Crippen LogP contribution in [0.25, 0.3) is 0 Å². The van der Waals surface area contributed by atoms with Crippen molar-refractivity contribution < 1.29 is 9.59 Å². The SMILES string of the molecule is Cl.Cn1cc(C(=O)NCC2CCN(C(=O)C(N)c3ccccc3)CC2)cn1. The van der Waals surface area contributed by atoms with Crippen LogP contribution < -0.4 is 11.1 Å². The van der Waals surface area contributed by atoms with Gasteiger partial charge in [0.25, 0.3) is 5.91 Å². The van der Waals surface area contributed by atoms with Gasteiger partial charge in [-0.3, -0.25) is 14.3 Å². The molecule has 3 N–H and O–H groups in total. The maximum atomic E-state index is 12.6. The second-order valence-corrected chi connectivity index (χ2v) is 6.77. The Kier molecular flexibility index (Phi) is 7.38. The van der Waals surface area contributed by atoms with Crippen molar-refractivity contribution in [2.45, 2.75) is 18.9 Å². The number of benzene rings is 1. The molecular weight excluding hydrogens is 366 g/mol. The molecule has 27 heavy (non-hydrogen) atoms. The van der Waals surface area contributed by atoms with Crippen LogP contribution in [0.5, 0.6) is 0 Å². The molecule has 1 aliphatic heterocycles. The number of carbonyl (C=O) groups excluding carboxylic acids is 2. The summed E-state index contributed by atoms with van der Waals surface area (Å²) in [7, 11) is 1.78. The Hall–Kier alpha value is -2.38. The minimum absolute atomic E-state index is 0. The summed E-state index contributed by atoms with van der Waals surface area (Å²) >= 11 is 0. The Morgan fingerprint density at radius 1 is 1.26 bits per heavy atom. The highest BCUT2D eigenvalue weighted by Gasteiger charge is 2.27. The van der Waals surface area contributed by atoms with E-state index in [9.17, 15) is 9.59 Å². The molecule has 7 nitrogen and oxygen atoms in total. The number of nitrogens with two attached hydrogens (primary N) is 1. The fourth-order valence-electron chi connectivity index (χ4n) is 3.23. The Bertz CT molecular complexity index is 756. The molecule has 0 aliphatic carbocycles. The molecule has 146 valence electrons. The summed E-state index contributed by atoms with van der Waals surface area (Å²) in [6.45, 7) is 1.96. The third kappa shape index (κ3) is 5.30. The predicted octanol–water partition coefficient (Wildman–Crippen LogP) is 1.51. The molecule has 1 aromatic carbocycles. The number of amides is 2. The highest BCUT2D eigenvalue weighted by molar-refractivity contribution is 5.93. The van der Waals surface area contributed by atoms with E-state index in [4.69, 9.17) is 5.73 Å². The van der Waals surface area contributed by atoms with Gasteiger partial charge in [-0.15, -0.1) is 12.4 Å². The van der Waals surface area contributed by atoms with Crippen molar-refractivity contribution in [3.05, 3.63) is 53.9 Å². The number of aromatic nitrogens is 2. The van der Waals surface area contributed by atoms with Crippen LogP contribution in [0, 0.1) is 5.92 Å². The van der Waals surface area contributed by atoms with Crippen molar-refractivity contribution in [1.82, 2.24) is 20.0 Å². The summed E-state index contributed by atoms with van der Waals surface area (Å²) in [5, 5.41) is 6.96. The lowest BCUT2D eigenvalue weighted by atomic mass is 9.95. The molecule has 1 unspecified atom stereocenters. The Morgan fingerprint density at radius 3 is 2.52 bits per heavy atom. The number of nitrogens with one attached hydrogen (secondary N) is 1. The van der Waals surface area contributed by atoms with Crippen molar-refractivity contribution in [2.24, 2.45) is 18.7 Å². The number of piperidine rings is 1. The standard InChI is InChI=1S/C19H25N5O2.ClH/c1-23-13-16(12-22-23)18(25)21-11-14-7-9-24(10-8-14)19(26)17(20)15-5-3-2-4-6-15;/h2-6,12-14,17H,7-11,20H2,1H3,(H,21,25);1H. The number of aryl methyl sites for hydroxylation is 1. The van der Waals surface area contributed by atoms with Crippen molar-refractivity contribution in [2.75, 3.05) is 19.6 Å². The average Bonchev–Trinajstić information content (AvgIpc) is 3.12. The highest BCUT2D eigenvalue weighted by Crippen LogP contribution is 2.20. The third-order valence-corrected chi connectivity index (χ3v) is 4.87. The molecule has 0 spiro atoms. The van der Waals surface area contributed by atoms with Gasteiger partial charge >= 0.3 is 0 Å². The highest BCUT2D eigenvalue weighted by atomic mass is 35.5. The number of halogens is 1. The molecule has 0 bridgehead atoms. The summed E-state index contributed by atoms with van der Waals surface area (Å²) in [5.74, 6) is 0.226. The molecule has 3 rings (SSSR count). The van der Waals surface area contributed by atoms with Crippen LogP contribution in [0.2, 0.25) is 0 Å². The van der Waals surface area contributed by atoms with Gasteiger partial charge in [0.1, 0.15) is 6.04 Å². The second-order valence-electron chi connectivity index (χ2n) is 6.77. The molecular formula is C19H26ClN5O2. The molecule has 0 saturated carbocycles. The minimum Gasteiger partial charge on any atom is -0.352 e. The first kappa shape index (κ1) is 20.9. The van der Waals surface area contributed by atoms with E-state index in [0.717, 1.165) is 18.4 Å². The molecule has 2 heterocycles. The zero-order valence-electron chi connectivity index (χ0n) is 15.4. The predicted molar refractivity (Wildman–Crippen MR) is 105 cm³/mol. The Balaban J connectivity index is 0.00000261. The first-order valence-corrected chi connectivity index (χ1v) is 8.90. The lowest BCUT2D eigenvalue weighted by molar-refractivity contribution is -0.134. The number of rotatable bonds is 5.